The zero-order valence-electron chi connectivity index (χ0n) is 13.7. The number of hydrogen-bond acceptors (Lipinski definition) is 3. The van der Waals surface area contributed by atoms with E-state index in [0.717, 1.165) is 51.0 Å². The van der Waals surface area contributed by atoms with Crippen LogP contribution >= 0.6 is 0 Å². The van der Waals surface area contributed by atoms with Gasteiger partial charge in [-0.1, -0.05) is 6.92 Å². The van der Waals surface area contributed by atoms with Gasteiger partial charge < -0.3 is 15.5 Å². The molecule has 3 saturated heterocycles. The summed E-state index contributed by atoms with van der Waals surface area (Å²) in [6.45, 7) is 4.96. The Morgan fingerprint density at radius 1 is 1.33 bits per heavy atom. The predicted molar refractivity (Wildman–Crippen MR) is 85.1 cm³/mol. The summed E-state index contributed by atoms with van der Waals surface area (Å²) in [6.07, 6.45) is 8.36. The average Bonchev–Trinajstić information content (AvgIpc) is 2.75. The zero-order chi connectivity index (χ0) is 14.9. The van der Waals surface area contributed by atoms with E-state index in [1.54, 1.807) is 0 Å². The molecule has 0 aromatic heterocycles. The lowest BCUT2D eigenvalue weighted by Crippen LogP contribution is -2.51. The number of carbonyl (C=O) groups excluding carboxylic acids is 1. The predicted octanol–water partition coefficient (Wildman–Crippen LogP) is 1.76. The largest absolute Gasteiger partial charge is 0.355 e. The molecule has 2 N–H and O–H groups in total. The second-order valence-corrected chi connectivity index (χ2v) is 7.51. The van der Waals surface area contributed by atoms with E-state index in [9.17, 15) is 4.79 Å². The van der Waals surface area contributed by atoms with E-state index in [1.165, 1.54) is 25.7 Å². The highest BCUT2D eigenvalue weighted by molar-refractivity contribution is 5.83. The van der Waals surface area contributed by atoms with Crippen molar-refractivity contribution in [2.75, 3.05) is 26.7 Å². The molecule has 0 aliphatic carbocycles. The van der Waals surface area contributed by atoms with E-state index >= 15 is 0 Å². The fourth-order valence-corrected chi connectivity index (χ4v) is 4.74. The number of nitrogens with zero attached hydrogens (tertiary/aromatic N) is 1. The fraction of sp³-hybridized carbons (Fsp3) is 0.941. The van der Waals surface area contributed by atoms with Crippen LogP contribution in [0.2, 0.25) is 0 Å². The van der Waals surface area contributed by atoms with Crippen molar-refractivity contribution in [3.63, 3.8) is 0 Å². The van der Waals surface area contributed by atoms with Crippen LogP contribution in [0.4, 0.5) is 0 Å². The highest BCUT2D eigenvalue weighted by atomic mass is 16.2. The summed E-state index contributed by atoms with van der Waals surface area (Å²) < 4.78 is 0. The minimum atomic E-state index is -0.150. The number of nitrogens with one attached hydrogen (secondary N) is 2. The van der Waals surface area contributed by atoms with Gasteiger partial charge in [0, 0.05) is 25.2 Å². The van der Waals surface area contributed by atoms with Crippen molar-refractivity contribution < 1.29 is 4.79 Å². The average molecular weight is 293 g/mol. The molecule has 0 aromatic rings. The second-order valence-electron chi connectivity index (χ2n) is 7.51. The third-order valence-electron chi connectivity index (χ3n) is 6.38. The van der Waals surface area contributed by atoms with Crippen LogP contribution in [0.1, 0.15) is 51.9 Å². The van der Waals surface area contributed by atoms with E-state index in [4.69, 9.17) is 0 Å². The summed E-state index contributed by atoms with van der Waals surface area (Å²) >= 11 is 0. The summed E-state index contributed by atoms with van der Waals surface area (Å²) in [7, 11) is 2.27. The van der Waals surface area contributed by atoms with Crippen LogP contribution in [0.15, 0.2) is 0 Å². The van der Waals surface area contributed by atoms with Crippen molar-refractivity contribution in [1.29, 1.82) is 0 Å². The van der Waals surface area contributed by atoms with Gasteiger partial charge in [-0.15, -0.1) is 0 Å². The third-order valence-corrected chi connectivity index (χ3v) is 6.38. The van der Waals surface area contributed by atoms with Crippen LogP contribution < -0.4 is 10.6 Å². The number of hydrogen-bond donors (Lipinski definition) is 2. The molecule has 3 unspecified atom stereocenters. The molecule has 3 heterocycles. The smallest absolute Gasteiger partial charge is 0.227 e. The standard InChI is InChI=1S/C17H31N3O/c1-3-17(7-4-8-18-12-17)16(21)19-11-13-9-14-5-6-15(10-13)20(14)2/h13-15,18H,3-12H2,1-2H3,(H,19,21). The molecule has 3 aliphatic heterocycles. The first-order chi connectivity index (χ1) is 10.1. The molecule has 4 heteroatoms. The van der Waals surface area contributed by atoms with Crippen molar-refractivity contribution in [2.45, 2.75) is 64.0 Å². The maximum atomic E-state index is 12.7. The molecule has 21 heavy (non-hydrogen) atoms. The van der Waals surface area contributed by atoms with Gasteiger partial charge in [-0.3, -0.25) is 4.79 Å². The van der Waals surface area contributed by atoms with Gasteiger partial charge in [0.2, 0.25) is 5.91 Å². The summed E-state index contributed by atoms with van der Waals surface area (Å²) in [6, 6.07) is 1.53. The van der Waals surface area contributed by atoms with Gasteiger partial charge in [0.05, 0.1) is 5.41 Å². The molecule has 4 nitrogen and oxygen atoms in total. The topological polar surface area (TPSA) is 44.4 Å². The first kappa shape index (κ1) is 15.3. The van der Waals surface area contributed by atoms with Gasteiger partial charge in [-0.05, 0) is 64.5 Å². The Morgan fingerprint density at radius 2 is 2.05 bits per heavy atom. The molecule has 3 aliphatic rings. The Bertz CT molecular complexity index is 364. The number of rotatable bonds is 4. The number of carbonyl (C=O) groups is 1. The molecule has 0 spiro atoms. The maximum absolute atomic E-state index is 12.7. The molecule has 3 atom stereocenters. The third kappa shape index (κ3) is 2.98. The molecule has 120 valence electrons. The van der Waals surface area contributed by atoms with Gasteiger partial charge in [0.25, 0.3) is 0 Å². The molecule has 3 fully saturated rings. The monoisotopic (exact) mass is 293 g/mol. The Kier molecular flexibility index (Phi) is 4.55. The maximum Gasteiger partial charge on any atom is 0.227 e. The Labute approximate surface area is 129 Å². The van der Waals surface area contributed by atoms with Gasteiger partial charge in [0.1, 0.15) is 0 Å². The molecular weight excluding hydrogens is 262 g/mol. The number of amides is 1. The van der Waals surface area contributed by atoms with Crippen molar-refractivity contribution in [2.24, 2.45) is 11.3 Å². The van der Waals surface area contributed by atoms with E-state index in [-0.39, 0.29) is 5.41 Å². The Morgan fingerprint density at radius 3 is 2.62 bits per heavy atom. The second kappa shape index (κ2) is 6.25. The summed E-state index contributed by atoms with van der Waals surface area (Å²) in [4.78, 5) is 15.2. The van der Waals surface area contributed by atoms with Crippen LogP contribution in [0.3, 0.4) is 0 Å². The lowest BCUT2D eigenvalue weighted by atomic mass is 9.77. The van der Waals surface area contributed by atoms with Gasteiger partial charge in [-0.2, -0.15) is 0 Å². The molecule has 0 saturated carbocycles. The minimum absolute atomic E-state index is 0.150. The van der Waals surface area contributed by atoms with Crippen molar-refractivity contribution in [3.05, 3.63) is 0 Å². The fourth-order valence-electron chi connectivity index (χ4n) is 4.74. The van der Waals surface area contributed by atoms with Gasteiger partial charge >= 0.3 is 0 Å². The summed E-state index contributed by atoms with van der Waals surface area (Å²) in [5.74, 6) is 0.983. The Hall–Kier alpha value is -0.610. The number of fused-ring (bicyclic) bond motifs is 2. The van der Waals surface area contributed by atoms with Crippen LogP contribution in [-0.4, -0.2) is 49.6 Å². The first-order valence-electron chi connectivity index (χ1n) is 8.85. The van der Waals surface area contributed by atoms with Crippen molar-refractivity contribution in [1.82, 2.24) is 15.5 Å². The zero-order valence-corrected chi connectivity index (χ0v) is 13.7. The number of piperidine rings is 2. The summed E-state index contributed by atoms with van der Waals surface area (Å²) in [5.41, 5.74) is -0.150. The molecule has 1 amide bonds. The van der Waals surface area contributed by atoms with E-state index in [0.29, 0.717) is 11.8 Å². The van der Waals surface area contributed by atoms with Gasteiger partial charge in [0.15, 0.2) is 0 Å². The molecule has 3 rings (SSSR count). The SMILES string of the molecule is CCC1(C(=O)NCC2CC3CCC(C2)N3C)CCCNC1. The summed E-state index contributed by atoms with van der Waals surface area (Å²) in [5, 5.41) is 6.71. The quantitative estimate of drug-likeness (QED) is 0.830. The first-order valence-corrected chi connectivity index (χ1v) is 8.85. The molecule has 2 bridgehead atoms. The normalized spacial score (nSPS) is 40.2. The molecule has 0 radical (unpaired) electrons. The highest BCUT2D eigenvalue weighted by Gasteiger charge is 2.40. The lowest BCUT2D eigenvalue weighted by Gasteiger charge is -2.38. The lowest BCUT2D eigenvalue weighted by molar-refractivity contribution is -0.132. The van der Waals surface area contributed by atoms with Gasteiger partial charge in [-0.25, -0.2) is 0 Å². The van der Waals surface area contributed by atoms with E-state index in [1.807, 2.05) is 0 Å². The highest BCUT2D eigenvalue weighted by Crippen LogP contribution is 2.37. The minimum Gasteiger partial charge on any atom is -0.355 e. The van der Waals surface area contributed by atoms with Crippen LogP contribution in [0, 0.1) is 11.3 Å². The molecular formula is C17H31N3O. The van der Waals surface area contributed by atoms with E-state index < -0.39 is 0 Å². The van der Waals surface area contributed by atoms with E-state index in [2.05, 4.69) is 29.5 Å². The van der Waals surface area contributed by atoms with Crippen LogP contribution in [-0.2, 0) is 4.79 Å². The van der Waals surface area contributed by atoms with Crippen molar-refractivity contribution >= 4 is 5.91 Å². The Balaban J connectivity index is 1.52. The van der Waals surface area contributed by atoms with Crippen LogP contribution in [0.5, 0.6) is 0 Å². The molecule has 0 aromatic carbocycles. The van der Waals surface area contributed by atoms with Crippen molar-refractivity contribution in [3.8, 4) is 0 Å². The van der Waals surface area contributed by atoms with Crippen LogP contribution in [0.25, 0.3) is 0 Å².